The van der Waals surface area contributed by atoms with E-state index in [2.05, 4.69) is 6.92 Å². The van der Waals surface area contributed by atoms with Gasteiger partial charge in [0.15, 0.2) is 0 Å². The summed E-state index contributed by atoms with van der Waals surface area (Å²) in [6.45, 7) is 9.83. The molecule has 0 aliphatic carbocycles. The minimum absolute atomic E-state index is 0.0954. The lowest BCUT2D eigenvalue weighted by Gasteiger charge is -2.44. The monoisotopic (exact) mass is 361 g/mol. The first-order valence-corrected chi connectivity index (χ1v) is 9.10. The molecule has 1 radical (unpaired) electrons. The standard InChI is InChI=1S/C20H26ClN2O2/c1-6-16-18(17-13(2)11-15(21)12-14(17)3)19(24)22(4)20(16)7-9-23(25-5)10-8-20/h11-12H,1,6-10H2,2-5H3. The second-order valence-corrected chi connectivity index (χ2v) is 7.46. The average molecular weight is 362 g/mol. The molecular weight excluding hydrogens is 336 g/mol. The van der Waals surface area contributed by atoms with Gasteiger partial charge in [0.05, 0.1) is 12.6 Å². The van der Waals surface area contributed by atoms with Crippen LogP contribution < -0.4 is 0 Å². The minimum Gasteiger partial charge on any atom is -0.332 e. The summed E-state index contributed by atoms with van der Waals surface area (Å²) >= 11 is 6.20. The summed E-state index contributed by atoms with van der Waals surface area (Å²) in [7, 11) is 3.62. The van der Waals surface area contributed by atoms with Gasteiger partial charge in [-0.05, 0) is 74.4 Å². The van der Waals surface area contributed by atoms with Crippen LogP contribution in [0.5, 0.6) is 0 Å². The molecule has 0 unspecified atom stereocenters. The topological polar surface area (TPSA) is 32.8 Å². The second-order valence-electron chi connectivity index (χ2n) is 7.03. The number of hydrogen-bond donors (Lipinski definition) is 0. The fraction of sp³-hybridized carbons (Fsp3) is 0.500. The molecular formula is C20H26ClN2O2. The highest BCUT2D eigenvalue weighted by molar-refractivity contribution is 6.31. The predicted molar refractivity (Wildman–Crippen MR) is 101 cm³/mol. The molecule has 1 spiro atoms. The largest absolute Gasteiger partial charge is 0.332 e. The molecule has 1 aromatic carbocycles. The smallest absolute Gasteiger partial charge is 0.254 e. The van der Waals surface area contributed by atoms with Crippen LogP contribution in [0.2, 0.25) is 5.02 Å². The number of nitrogens with zero attached hydrogens (tertiary/aromatic N) is 2. The van der Waals surface area contributed by atoms with Gasteiger partial charge in [-0.15, -0.1) is 0 Å². The lowest BCUT2D eigenvalue weighted by Crippen LogP contribution is -2.53. The number of hydroxylamine groups is 2. The van der Waals surface area contributed by atoms with E-state index < -0.39 is 0 Å². The van der Waals surface area contributed by atoms with Gasteiger partial charge >= 0.3 is 0 Å². The summed E-state index contributed by atoms with van der Waals surface area (Å²) in [5, 5.41) is 2.67. The fourth-order valence-electron chi connectivity index (χ4n) is 4.52. The molecule has 2 aliphatic heterocycles. The van der Waals surface area contributed by atoms with E-state index in [0.717, 1.165) is 53.8 Å². The maximum atomic E-state index is 13.3. The molecule has 0 atom stereocenters. The summed E-state index contributed by atoms with van der Waals surface area (Å²) in [5.41, 5.74) is 4.84. The van der Waals surface area contributed by atoms with E-state index in [0.29, 0.717) is 11.4 Å². The molecule has 0 saturated carbocycles. The van der Waals surface area contributed by atoms with E-state index in [1.165, 1.54) is 0 Å². The zero-order valence-corrected chi connectivity index (χ0v) is 16.2. The normalized spacial score (nSPS) is 20.9. The Balaban J connectivity index is 2.15. The van der Waals surface area contributed by atoms with Crippen LogP contribution in [0.1, 0.15) is 36.0 Å². The van der Waals surface area contributed by atoms with Gasteiger partial charge in [-0.1, -0.05) is 11.6 Å². The Morgan fingerprint density at radius 2 is 1.80 bits per heavy atom. The van der Waals surface area contributed by atoms with Crippen LogP contribution >= 0.6 is 11.6 Å². The van der Waals surface area contributed by atoms with E-state index >= 15 is 0 Å². The van der Waals surface area contributed by atoms with Crippen molar-refractivity contribution < 1.29 is 9.63 Å². The molecule has 1 aromatic rings. The van der Waals surface area contributed by atoms with Crippen molar-refractivity contribution in [2.75, 3.05) is 27.2 Å². The lowest BCUT2D eigenvalue weighted by molar-refractivity contribution is -0.159. The van der Waals surface area contributed by atoms with Crippen LogP contribution in [0.3, 0.4) is 0 Å². The predicted octanol–water partition coefficient (Wildman–Crippen LogP) is 3.80. The number of rotatable bonds is 3. The molecule has 3 rings (SSSR count). The first-order valence-electron chi connectivity index (χ1n) is 8.73. The molecule has 0 bridgehead atoms. The van der Waals surface area contributed by atoms with E-state index in [1.807, 2.05) is 43.0 Å². The molecule has 4 nitrogen and oxygen atoms in total. The van der Waals surface area contributed by atoms with Crippen LogP contribution in [-0.2, 0) is 9.63 Å². The highest BCUT2D eigenvalue weighted by atomic mass is 35.5. The van der Waals surface area contributed by atoms with Crippen LogP contribution in [0.4, 0.5) is 0 Å². The summed E-state index contributed by atoms with van der Waals surface area (Å²) in [6, 6.07) is 3.87. The number of amides is 1. The van der Waals surface area contributed by atoms with Crippen molar-refractivity contribution in [2.24, 2.45) is 0 Å². The van der Waals surface area contributed by atoms with Gasteiger partial charge < -0.3 is 9.74 Å². The molecule has 0 N–H and O–H groups in total. The number of piperidine rings is 1. The van der Waals surface area contributed by atoms with E-state index in [1.54, 1.807) is 7.11 Å². The second kappa shape index (κ2) is 6.75. The summed E-state index contributed by atoms with van der Waals surface area (Å²) in [4.78, 5) is 20.6. The number of halogens is 1. The van der Waals surface area contributed by atoms with Gasteiger partial charge in [-0.25, -0.2) is 0 Å². The highest BCUT2D eigenvalue weighted by Crippen LogP contribution is 2.48. The van der Waals surface area contributed by atoms with Crippen molar-refractivity contribution in [1.82, 2.24) is 9.96 Å². The minimum atomic E-state index is -0.248. The number of carbonyl (C=O) groups is 1. The van der Waals surface area contributed by atoms with Crippen molar-refractivity contribution >= 4 is 23.1 Å². The average Bonchev–Trinajstić information content (AvgIpc) is 2.77. The summed E-state index contributed by atoms with van der Waals surface area (Å²) in [5.74, 6) is 0.0954. The van der Waals surface area contributed by atoms with Gasteiger partial charge in [0.2, 0.25) is 0 Å². The molecule has 135 valence electrons. The van der Waals surface area contributed by atoms with Crippen molar-refractivity contribution in [3.05, 3.63) is 46.3 Å². The maximum absolute atomic E-state index is 13.3. The van der Waals surface area contributed by atoms with Crippen LogP contribution in [0, 0.1) is 20.8 Å². The molecule has 2 heterocycles. The SMILES string of the molecule is [CH2]CC1=C(c2c(C)cc(Cl)cc2C)C(=O)N(C)C12CCN(OC)CC2. The third-order valence-electron chi connectivity index (χ3n) is 5.83. The zero-order valence-electron chi connectivity index (χ0n) is 15.5. The van der Waals surface area contributed by atoms with E-state index in [-0.39, 0.29) is 11.4 Å². The van der Waals surface area contributed by atoms with Gasteiger partial charge in [0.25, 0.3) is 5.91 Å². The van der Waals surface area contributed by atoms with Gasteiger partial charge in [0, 0.05) is 30.7 Å². The fourth-order valence-corrected chi connectivity index (χ4v) is 4.85. The third-order valence-corrected chi connectivity index (χ3v) is 6.05. The molecule has 0 aromatic heterocycles. The number of carbonyl (C=O) groups excluding carboxylic acids is 1. The Hall–Kier alpha value is -1.36. The van der Waals surface area contributed by atoms with Crippen molar-refractivity contribution in [3.63, 3.8) is 0 Å². The molecule has 2 aliphatic rings. The first-order chi connectivity index (χ1) is 11.9. The number of aryl methyl sites for hydroxylation is 2. The van der Waals surface area contributed by atoms with E-state index in [9.17, 15) is 4.79 Å². The Kier molecular flexibility index (Phi) is 4.97. The van der Waals surface area contributed by atoms with Crippen molar-refractivity contribution in [2.45, 2.75) is 38.6 Å². The molecule has 5 heteroatoms. The quantitative estimate of drug-likeness (QED) is 0.820. The Morgan fingerprint density at radius 3 is 2.28 bits per heavy atom. The first kappa shape index (κ1) is 18.4. The van der Waals surface area contributed by atoms with Crippen LogP contribution in [0.25, 0.3) is 5.57 Å². The molecule has 1 amide bonds. The summed E-state index contributed by atoms with van der Waals surface area (Å²) in [6.07, 6.45) is 2.35. The maximum Gasteiger partial charge on any atom is 0.254 e. The Labute approximate surface area is 155 Å². The van der Waals surface area contributed by atoms with Gasteiger partial charge in [0.1, 0.15) is 0 Å². The molecule has 1 saturated heterocycles. The molecule has 25 heavy (non-hydrogen) atoms. The van der Waals surface area contributed by atoms with Gasteiger partial charge in [-0.2, -0.15) is 5.06 Å². The third kappa shape index (κ3) is 2.80. The Bertz CT molecular complexity index is 710. The number of benzene rings is 1. The lowest BCUT2D eigenvalue weighted by atomic mass is 9.78. The summed E-state index contributed by atoms with van der Waals surface area (Å²) < 4.78 is 0. The molecule has 1 fully saturated rings. The highest BCUT2D eigenvalue weighted by Gasteiger charge is 2.50. The van der Waals surface area contributed by atoms with E-state index in [4.69, 9.17) is 16.4 Å². The Morgan fingerprint density at radius 1 is 1.24 bits per heavy atom. The number of hydrogen-bond acceptors (Lipinski definition) is 3. The van der Waals surface area contributed by atoms with Crippen LogP contribution in [0.15, 0.2) is 17.7 Å². The number of likely N-dealkylation sites (N-methyl/N-ethyl adjacent to an activating group) is 1. The van der Waals surface area contributed by atoms with Crippen molar-refractivity contribution in [1.29, 1.82) is 0 Å². The van der Waals surface area contributed by atoms with Crippen LogP contribution in [-0.4, -0.2) is 48.7 Å². The zero-order chi connectivity index (χ0) is 18.4. The van der Waals surface area contributed by atoms with Crippen molar-refractivity contribution in [3.8, 4) is 0 Å². The van der Waals surface area contributed by atoms with Gasteiger partial charge in [-0.3, -0.25) is 4.79 Å².